The molecule has 1 heterocycles. The second kappa shape index (κ2) is 12.9. The van der Waals surface area contributed by atoms with Gasteiger partial charge in [0.05, 0.1) is 24.5 Å². The smallest absolute Gasteiger partial charge is 0.338 e. The molecule has 0 atom stereocenters. The third-order valence-electron chi connectivity index (χ3n) is 6.17. The molecule has 206 valence electrons. The van der Waals surface area contributed by atoms with Crippen molar-refractivity contribution < 1.29 is 19.1 Å². The lowest BCUT2D eigenvalue weighted by atomic mass is 10.0. The van der Waals surface area contributed by atoms with Crippen molar-refractivity contribution in [2.45, 2.75) is 18.6 Å². The normalized spacial score (nSPS) is 10.8. The minimum Gasteiger partial charge on any atom is -0.462 e. The number of nitrogens with one attached hydrogen (secondary N) is 2. The Hall–Kier alpha value is -4.96. The first-order valence-electron chi connectivity index (χ1n) is 13.0. The Balaban J connectivity index is 1.27. The van der Waals surface area contributed by atoms with Crippen molar-refractivity contribution in [1.29, 1.82) is 0 Å². The molecule has 5 rings (SSSR count). The number of aromatic nitrogens is 3. The van der Waals surface area contributed by atoms with E-state index in [1.54, 1.807) is 37.3 Å². The van der Waals surface area contributed by atoms with E-state index in [1.165, 1.54) is 11.8 Å². The molecule has 0 aliphatic carbocycles. The monoisotopic (exact) mass is 565 g/mol. The van der Waals surface area contributed by atoms with Crippen molar-refractivity contribution in [2.24, 2.45) is 0 Å². The first-order chi connectivity index (χ1) is 20.0. The van der Waals surface area contributed by atoms with E-state index < -0.39 is 5.97 Å². The van der Waals surface area contributed by atoms with E-state index in [-0.39, 0.29) is 24.1 Å². The van der Waals surface area contributed by atoms with Crippen LogP contribution >= 0.6 is 11.8 Å². The van der Waals surface area contributed by atoms with E-state index in [2.05, 4.69) is 20.8 Å². The molecule has 2 N–H and O–H groups in total. The number of para-hydroxylation sites is 1. The second-order valence-electron chi connectivity index (χ2n) is 8.91. The Morgan fingerprint density at radius 1 is 0.854 bits per heavy atom. The van der Waals surface area contributed by atoms with Gasteiger partial charge in [0.15, 0.2) is 11.0 Å². The van der Waals surface area contributed by atoms with Crippen LogP contribution in [0.4, 0.5) is 5.69 Å². The number of carbonyl (C=O) groups is 3. The van der Waals surface area contributed by atoms with Crippen LogP contribution in [0.2, 0.25) is 0 Å². The van der Waals surface area contributed by atoms with E-state index in [4.69, 9.17) is 4.74 Å². The number of nitrogens with zero attached hydrogens (tertiary/aromatic N) is 3. The van der Waals surface area contributed by atoms with Gasteiger partial charge >= 0.3 is 5.97 Å². The predicted molar refractivity (Wildman–Crippen MR) is 158 cm³/mol. The molecule has 0 saturated carbocycles. The van der Waals surface area contributed by atoms with Crippen LogP contribution in [0, 0.1) is 0 Å². The number of fused-ring (bicyclic) bond motifs is 1. The largest absolute Gasteiger partial charge is 0.462 e. The van der Waals surface area contributed by atoms with Crippen molar-refractivity contribution in [3.8, 4) is 5.69 Å². The molecule has 0 unspecified atom stereocenters. The molecule has 4 aromatic carbocycles. The number of thioether (sulfide) groups is 1. The maximum Gasteiger partial charge on any atom is 0.338 e. The van der Waals surface area contributed by atoms with Gasteiger partial charge in [-0.1, -0.05) is 66.4 Å². The van der Waals surface area contributed by atoms with Gasteiger partial charge in [-0.15, -0.1) is 10.2 Å². The molecule has 5 aromatic rings. The highest BCUT2D eigenvalue weighted by Gasteiger charge is 2.18. The van der Waals surface area contributed by atoms with Gasteiger partial charge in [-0.2, -0.15) is 0 Å². The van der Waals surface area contributed by atoms with Gasteiger partial charge in [-0.25, -0.2) is 4.79 Å². The predicted octanol–water partition coefficient (Wildman–Crippen LogP) is 5.26. The standard InChI is InChI=1S/C31H27N5O4S/c1-2-40-30(39)22-15-17-23(18-16-22)33-28(37)20-41-31-35-34-27(36(31)24-11-4-3-5-12-24)19-32-29(38)26-14-8-10-21-9-6-7-13-25(21)26/h3-18H,2,19-20H2,1H3,(H,32,38)(H,33,37). The first kappa shape index (κ1) is 27.6. The number of hydrogen-bond acceptors (Lipinski definition) is 7. The minimum atomic E-state index is -0.412. The molecule has 9 nitrogen and oxygen atoms in total. The fourth-order valence-corrected chi connectivity index (χ4v) is 5.02. The summed E-state index contributed by atoms with van der Waals surface area (Å²) >= 11 is 1.23. The Labute approximate surface area is 240 Å². The quantitative estimate of drug-likeness (QED) is 0.175. The van der Waals surface area contributed by atoms with Gasteiger partial charge in [0.2, 0.25) is 5.91 Å². The molecular weight excluding hydrogens is 538 g/mol. The second-order valence-corrected chi connectivity index (χ2v) is 9.86. The fourth-order valence-electron chi connectivity index (χ4n) is 4.25. The summed E-state index contributed by atoms with van der Waals surface area (Å²) in [7, 11) is 0. The molecule has 0 bridgehead atoms. The topological polar surface area (TPSA) is 115 Å². The SMILES string of the molecule is CCOC(=O)c1ccc(NC(=O)CSc2nnc(CNC(=O)c3cccc4ccccc34)n2-c2ccccc2)cc1. The highest BCUT2D eigenvalue weighted by molar-refractivity contribution is 7.99. The van der Waals surface area contributed by atoms with Crippen LogP contribution in [-0.2, 0) is 16.1 Å². The van der Waals surface area contributed by atoms with Crippen LogP contribution in [0.15, 0.2) is 102 Å². The van der Waals surface area contributed by atoms with E-state index >= 15 is 0 Å². The zero-order chi connectivity index (χ0) is 28.6. The Bertz CT molecular complexity index is 1680. The van der Waals surface area contributed by atoms with Gasteiger partial charge in [0.25, 0.3) is 5.91 Å². The number of carbonyl (C=O) groups excluding carboxylic acids is 3. The zero-order valence-corrected chi connectivity index (χ0v) is 23.1. The maximum absolute atomic E-state index is 13.1. The summed E-state index contributed by atoms with van der Waals surface area (Å²) in [6, 6.07) is 29.4. The van der Waals surface area contributed by atoms with Gasteiger partial charge in [0.1, 0.15) is 0 Å². The zero-order valence-electron chi connectivity index (χ0n) is 22.2. The number of benzene rings is 4. The third kappa shape index (κ3) is 6.62. The highest BCUT2D eigenvalue weighted by Crippen LogP contribution is 2.23. The summed E-state index contributed by atoms with van der Waals surface area (Å²) < 4.78 is 6.82. The third-order valence-corrected chi connectivity index (χ3v) is 7.10. The van der Waals surface area contributed by atoms with Crippen LogP contribution in [0.25, 0.3) is 16.5 Å². The number of esters is 1. The number of anilines is 1. The van der Waals surface area contributed by atoms with Crippen molar-refractivity contribution in [2.75, 3.05) is 17.7 Å². The minimum absolute atomic E-state index is 0.0763. The maximum atomic E-state index is 13.1. The first-order valence-corrected chi connectivity index (χ1v) is 14.0. The van der Waals surface area contributed by atoms with Crippen LogP contribution in [0.1, 0.15) is 33.5 Å². The van der Waals surface area contributed by atoms with Crippen LogP contribution < -0.4 is 10.6 Å². The molecule has 0 saturated heterocycles. The molecule has 41 heavy (non-hydrogen) atoms. The average molecular weight is 566 g/mol. The van der Waals surface area contributed by atoms with Gasteiger partial charge < -0.3 is 15.4 Å². The van der Waals surface area contributed by atoms with Crippen molar-refractivity contribution in [3.63, 3.8) is 0 Å². The summed E-state index contributed by atoms with van der Waals surface area (Å²) in [5.74, 6) is -0.265. The number of hydrogen-bond donors (Lipinski definition) is 2. The van der Waals surface area contributed by atoms with E-state index in [0.717, 1.165) is 16.5 Å². The van der Waals surface area contributed by atoms with Crippen LogP contribution in [0.5, 0.6) is 0 Å². The van der Waals surface area contributed by atoms with Gasteiger partial charge in [0, 0.05) is 16.9 Å². The van der Waals surface area contributed by atoms with Crippen LogP contribution in [0.3, 0.4) is 0 Å². The highest BCUT2D eigenvalue weighted by atomic mass is 32.2. The van der Waals surface area contributed by atoms with E-state index in [9.17, 15) is 14.4 Å². The van der Waals surface area contributed by atoms with Crippen molar-refractivity contribution >= 4 is 46.0 Å². The molecule has 0 spiro atoms. The molecule has 0 radical (unpaired) electrons. The van der Waals surface area contributed by atoms with Crippen molar-refractivity contribution in [3.05, 3.63) is 114 Å². The summed E-state index contributed by atoms with van der Waals surface area (Å²) in [6.45, 7) is 2.18. The lowest BCUT2D eigenvalue weighted by molar-refractivity contribution is -0.113. The molecule has 1 aromatic heterocycles. The molecule has 0 fully saturated rings. The molecule has 10 heteroatoms. The Kier molecular flexibility index (Phi) is 8.70. The van der Waals surface area contributed by atoms with Crippen LogP contribution in [-0.4, -0.2) is 44.9 Å². The van der Waals surface area contributed by atoms with E-state index in [1.807, 2.05) is 71.3 Å². The summed E-state index contributed by atoms with van der Waals surface area (Å²) in [5, 5.41) is 16.8. The molecule has 2 amide bonds. The number of rotatable bonds is 10. The van der Waals surface area contributed by atoms with Crippen molar-refractivity contribution in [1.82, 2.24) is 20.1 Å². The lowest BCUT2D eigenvalue weighted by Gasteiger charge is -2.12. The Morgan fingerprint density at radius 2 is 1.59 bits per heavy atom. The van der Waals surface area contributed by atoms with Gasteiger partial charge in [-0.3, -0.25) is 14.2 Å². The Morgan fingerprint density at radius 3 is 2.37 bits per heavy atom. The van der Waals surface area contributed by atoms with E-state index in [0.29, 0.717) is 34.4 Å². The molecule has 0 aliphatic heterocycles. The summed E-state index contributed by atoms with van der Waals surface area (Å²) in [4.78, 5) is 37.7. The summed E-state index contributed by atoms with van der Waals surface area (Å²) in [6.07, 6.45) is 0. The lowest BCUT2D eigenvalue weighted by Crippen LogP contribution is -2.25. The summed E-state index contributed by atoms with van der Waals surface area (Å²) in [5.41, 5.74) is 2.36. The molecule has 0 aliphatic rings. The van der Waals surface area contributed by atoms with Gasteiger partial charge in [-0.05, 0) is 60.2 Å². The number of ether oxygens (including phenoxy) is 1. The number of amides is 2. The average Bonchev–Trinajstić information content (AvgIpc) is 3.42. The molecular formula is C31H27N5O4S. The fraction of sp³-hybridized carbons (Fsp3) is 0.129.